The third-order valence-corrected chi connectivity index (χ3v) is 4.98. The van der Waals surface area contributed by atoms with E-state index in [9.17, 15) is 14.0 Å². The number of rotatable bonds is 6. The fraction of sp³-hybridized carbons (Fsp3) is 0.0476. The van der Waals surface area contributed by atoms with Gasteiger partial charge < -0.3 is 15.4 Å². The van der Waals surface area contributed by atoms with E-state index in [1.807, 2.05) is 0 Å². The van der Waals surface area contributed by atoms with Crippen LogP contribution in [-0.2, 0) is 4.79 Å². The van der Waals surface area contributed by atoms with Crippen LogP contribution in [0.2, 0.25) is 10.0 Å². The van der Waals surface area contributed by atoms with Crippen LogP contribution in [0.15, 0.2) is 65.1 Å². The maximum Gasteiger partial charge on any atom is 0.262 e. The van der Waals surface area contributed by atoms with Crippen molar-refractivity contribution in [2.75, 3.05) is 17.2 Å². The van der Waals surface area contributed by atoms with Gasteiger partial charge in [0.15, 0.2) is 6.61 Å². The number of carbonyl (C=O) groups excluding carboxylic acids is 2. The van der Waals surface area contributed by atoms with Gasteiger partial charge in [-0.05, 0) is 70.5 Å². The molecule has 0 saturated carbocycles. The Hall–Kier alpha value is -2.61. The van der Waals surface area contributed by atoms with Crippen molar-refractivity contribution in [3.05, 3.63) is 86.6 Å². The first-order valence-corrected chi connectivity index (χ1v) is 10.1. The van der Waals surface area contributed by atoms with Crippen LogP contribution in [-0.4, -0.2) is 18.4 Å². The van der Waals surface area contributed by atoms with Crippen LogP contribution < -0.4 is 15.4 Å². The van der Waals surface area contributed by atoms with Gasteiger partial charge in [-0.25, -0.2) is 4.39 Å². The fourth-order valence-electron chi connectivity index (χ4n) is 2.45. The van der Waals surface area contributed by atoms with E-state index >= 15 is 0 Å². The number of hydrogen-bond acceptors (Lipinski definition) is 3. The summed E-state index contributed by atoms with van der Waals surface area (Å²) in [5.41, 5.74) is 1.07. The highest BCUT2D eigenvalue weighted by Gasteiger charge is 2.11. The lowest BCUT2D eigenvalue weighted by atomic mass is 10.2. The summed E-state index contributed by atoms with van der Waals surface area (Å²) in [5, 5.41) is 5.73. The second kappa shape index (κ2) is 9.93. The number of amides is 2. The Balaban J connectivity index is 1.60. The molecule has 0 saturated heterocycles. The predicted molar refractivity (Wildman–Crippen MR) is 119 cm³/mol. The molecule has 30 heavy (non-hydrogen) atoms. The molecular formula is C21H14BrCl2FN2O3. The van der Waals surface area contributed by atoms with Crippen molar-refractivity contribution in [1.29, 1.82) is 0 Å². The normalized spacial score (nSPS) is 10.4. The first kappa shape index (κ1) is 22.1. The molecule has 0 unspecified atom stereocenters. The average Bonchev–Trinajstić information content (AvgIpc) is 2.70. The second-order valence-electron chi connectivity index (χ2n) is 6.08. The highest BCUT2D eigenvalue weighted by atomic mass is 79.9. The van der Waals surface area contributed by atoms with Crippen LogP contribution in [0.25, 0.3) is 0 Å². The first-order chi connectivity index (χ1) is 14.3. The highest BCUT2D eigenvalue weighted by Crippen LogP contribution is 2.28. The molecule has 9 heteroatoms. The number of benzene rings is 3. The van der Waals surface area contributed by atoms with Crippen LogP contribution in [0, 0.1) is 5.82 Å². The topological polar surface area (TPSA) is 67.4 Å². The van der Waals surface area contributed by atoms with Gasteiger partial charge in [0.2, 0.25) is 0 Å². The fourth-order valence-corrected chi connectivity index (χ4v) is 3.43. The molecule has 3 rings (SSSR count). The van der Waals surface area contributed by atoms with Crippen molar-refractivity contribution >= 4 is 62.3 Å². The summed E-state index contributed by atoms with van der Waals surface area (Å²) in [7, 11) is 0. The molecule has 0 aromatic heterocycles. The third-order valence-electron chi connectivity index (χ3n) is 3.84. The minimum atomic E-state index is -0.577. The zero-order valence-corrected chi connectivity index (χ0v) is 18.3. The number of carbonyl (C=O) groups is 2. The summed E-state index contributed by atoms with van der Waals surface area (Å²) in [6.07, 6.45) is 0. The Bertz CT molecular complexity index is 1110. The molecule has 0 atom stereocenters. The Morgan fingerprint density at radius 3 is 2.47 bits per heavy atom. The molecule has 2 amide bonds. The predicted octanol–water partition coefficient (Wildman–Crippen LogP) is 6.16. The van der Waals surface area contributed by atoms with Gasteiger partial charge >= 0.3 is 0 Å². The standard InChI is InChI=1S/C21H14BrCl2FN2O3/c22-16-9-13(23)4-7-19(16)30-11-20(28)26-14-3-1-2-12(8-14)21(29)27-15-5-6-18(25)17(24)10-15/h1-10H,11H2,(H,26,28)(H,27,29). The van der Waals surface area contributed by atoms with E-state index in [0.29, 0.717) is 32.2 Å². The van der Waals surface area contributed by atoms with Gasteiger partial charge in [0.25, 0.3) is 11.8 Å². The lowest BCUT2D eigenvalue weighted by molar-refractivity contribution is -0.118. The highest BCUT2D eigenvalue weighted by molar-refractivity contribution is 9.10. The van der Waals surface area contributed by atoms with Crippen molar-refractivity contribution in [2.24, 2.45) is 0 Å². The second-order valence-corrected chi connectivity index (χ2v) is 7.77. The van der Waals surface area contributed by atoms with Crippen molar-refractivity contribution in [3.8, 4) is 5.75 Å². The number of anilines is 2. The molecule has 5 nitrogen and oxygen atoms in total. The van der Waals surface area contributed by atoms with Gasteiger partial charge in [0, 0.05) is 22.0 Å². The molecule has 0 aliphatic heterocycles. The molecule has 0 heterocycles. The molecule has 0 aliphatic rings. The van der Waals surface area contributed by atoms with Gasteiger partial charge in [-0.15, -0.1) is 0 Å². The molecular weight excluding hydrogens is 498 g/mol. The molecule has 3 aromatic rings. The SMILES string of the molecule is O=C(COc1ccc(Cl)cc1Br)Nc1cccc(C(=O)Nc2ccc(F)c(Cl)c2)c1. The van der Waals surface area contributed by atoms with E-state index in [4.69, 9.17) is 27.9 Å². The Labute approximate surface area is 190 Å². The van der Waals surface area contributed by atoms with Crippen molar-refractivity contribution in [3.63, 3.8) is 0 Å². The Morgan fingerprint density at radius 2 is 1.73 bits per heavy atom. The first-order valence-electron chi connectivity index (χ1n) is 8.56. The van der Waals surface area contributed by atoms with E-state index < -0.39 is 17.6 Å². The van der Waals surface area contributed by atoms with Gasteiger partial charge in [-0.1, -0.05) is 29.3 Å². The quantitative estimate of drug-likeness (QED) is 0.416. The molecule has 0 radical (unpaired) electrons. The maximum atomic E-state index is 13.2. The summed E-state index contributed by atoms with van der Waals surface area (Å²) in [5.74, 6) is -0.942. The van der Waals surface area contributed by atoms with E-state index in [1.165, 1.54) is 18.2 Å². The van der Waals surface area contributed by atoms with Crippen molar-refractivity contribution < 1.29 is 18.7 Å². The van der Waals surface area contributed by atoms with E-state index in [2.05, 4.69) is 26.6 Å². The summed E-state index contributed by atoms with van der Waals surface area (Å²) in [4.78, 5) is 24.6. The number of hydrogen-bond donors (Lipinski definition) is 2. The van der Waals surface area contributed by atoms with Gasteiger partial charge in [-0.2, -0.15) is 0 Å². The minimum absolute atomic E-state index is 0.0962. The number of ether oxygens (including phenoxy) is 1. The van der Waals surface area contributed by atoms with Crippen LogP contribution in [0.3, 0.4) is 0 Å². The van der Waals surface area contributed by atoms with Crippen molar-refractivity contribution in [2.45, 2.75) is 0 Å². The third kappa shape index (κ3) is 5.95. The van der Waals surface area contributed by atoms with Crippen LogP contribution in [0.1, 0.15) is 10.4 Å². The summed E-state index contributed by atoms with van der Waals surface area (Å²) in [6.45, 7) is -0.231. The Morgan fingerprint density at radius 1 is 0.967 bits per heavy atom. The smallest absolute Gasteiger partial charge is 0.262 e. The lowest BCUT2D eigenvalue weighted by Crippen LogP contribution is -2.20. The van der Waals surface area contributed by atoms with Crippen LogP contribution in [0.4, 0.5) is 15.8 Å². The van der Waals surface area contributed by atoms with Crippen LogP contribution in [0.5, 0.6) is 5.75 Å². The molecule has 0 spiro atoms. The summed E-state index contributed by atoms with van der Waals surface area (Å²) >= 11 is 14.9. The molecule has 3 aromatic carbocycles. The largest absolute Gasteiger partial charge is 0.483 e. The van der Waals surface area contributed by atoms with Gasteiger partial charge in [0.1, 0.15) is 11.6 Å². The zero-order valence-electron chi connectivity index (χ0n) is 15.2. The maximum absolute atomic E-state index is 13.2. The van der Waals surface area contributed by atoms with E-state index in [-0.39, 0.29) is 11.6 Å². The molecule has 0 aliphatic carbocycles. The monoisotopic (exact) mass is 510 g/mol. The van der Waals surface area contributed by atoms with E-state index in [1.54, 1.807) is 36.4 Å². The summed E-state index contributed by atoms with van der Waals surface area (Å²) < 4.78 is 19.3. The lowest BCUT2D eigenvalue weighted by Gasteiger charge is -2.10. The zero-order chi connectivity index (χ0) is 21.7. The molecule has 154 valence electrons. The van der Waals surface area contributed by atoms with E-state index in [0.717, 1.165) is 6.07 Å². The molecule has 0 fully saturated rings. The Kier molecular flexibility index (Phi) is 7.31. The number of halogens is 4. The minimum Gasteiger partial charge on any atom is -0.483 e. The van der Waals surface area contributed by atoms with Crippen LogP contribution >= 0.6 is 39.1 Å². The van der Waals surface area contributed by atoms with Gasteiger partial charge in [-0.3, -0.25) is 9.59 Å². The van der Waals surface area contributed by atoms with Gasteiger partial charge in [0.05, 0.1) is 9.50 Å². The number of nitrogens with one attached hydrogen (secondary N) is 2. The molecule has 2 N–H and O–H groups in total. The summed E-state index contributed by atoms with van der Waals surface area (Å²) in [6, 6.07) is 15.2. The van der Waals surface area contributed by atoms with Crippen molar-refractivity contribution in [1.82, 2.24) is 0 Å². The molecule has 0 bridgehead atoms. The average molecular weight is 512 g/mol.